The van der Waals surface area contributed by atoms with Crippen molar-refractivity contribution in [2.24, 2.45) is 5.92 Å². The lowest BCUT2D eigenvalue weighted by atomic mass is 9.78. The van der Waals surface area contributed by atoms with Crippen molar-refractivity contribution >= 4 is 0 Å². The van der Waals surface area contributed by atoms with Gasteiger partial charge >= 0.3 is 0 Å². The van der Waals surface area contributed by atoms with Gasteiger partial charge in [0, 0.05) is 5.54 Å². The molecular weight excluding hydrogens is 170 g/mol. The lowest BCUT2D eigenvalue weighted by Gasteiger charge is -2.39. The first-order valence-corrected chi connectivity index (χ1v) is 6.26. The Morgan fingerprint density at radius 2 is 1.71 bits per heavy atom. The normalized spacial score (nSPS) is 23.8. The van der Waals surface area contributed by atoms with Gasteiger partial charge in [-0.3, -0.25) is 0 Å². The maximum absolute atomic E-state index is 2.42. The van der Waals surface area contributed by atoms with E-state index in [1.54, 1.807) is 0 Å². The van der Waals surface area contributed by atoms with E-state index in [-0.39, 0.29) is 0 Å². The molecule has 0 heterocycles. The number of hydrogen-bond donors (Lipinski definition) is 0. The summed E-state index contributed by atoms with van der Waals surface area (Å²) in [5.74, 6) is 0.996. The van der Waals surface area contributed by atoms with Gasteiger partial charge in [0.1, 0.15) is 0 Å². The topological polar surface area (TPSA) is 3.24 Å². The highest BCUT2D eigenvalue weighted by molar-refractivity contribution is 4.85. The molecule has 0 aliphatic heterocycles. The summed E-state index contributed by atoms with van der Waals surface area (Å²) < 4.78 is 0. The van der Waals surface area contributed by atoms with Crippen LogP contribution >= 0.6 is 0 Å². The third kappa shape index (κ3) is 2.98. The van der Waals surface area contributed by atoms with Crippen LogP contribution in [0, 0.1) is 5.92 Å². The molecule has 0 spiro atoms. The lowest BCUT2D eigenvalue weighted by Crippen LogP contribution is -2.42. The molecule has 1 aliphatic carbocycles. The largest absolute Gasteiger partial charge is 0.304 e. The minimum absolute atomic E-state index is 0.433. The van der Waals surface area contributed by atoms with E-state index in [4.69, 9.17) is 0 Å². The molecule has 1 heteroatoms. The summed E-state index contributed by atoms with van der Waals surface area (Å²) in [5.41, 5.74) is 0.433. The molecule has 0 amide bonds. The van der Waals surface area contributed by atoms with E-state index in [0.29, 0.717) is 5.54 Å². The van der Waals surface area contributed by atoms with Gasteiger partial charge in [0.25, 0.3) is 0 Å². The number of hydrogen-bond acceptors (Lipinski definition) is 1. The van der Waals surface area contributed by atoms with E-state index in [2.05, 4.69) is 32.8 Å². The monoisotopic (exact) mass is 197 g/mol. The summed E-state index contributed by atoms with van der Waals surface area (Å²) in [6.07, 6.45) is 10.0. The second-order valence-electron chi connectivity index (χ2n) is 5.45. The van der Waals surface area contributed by atoms with Crippen molar-refractivity contribution in [1.82, 2.24) is 4.90 Å². The van der Waals surface area contributed by atoms with Crippen LogP contribution in [0.4, 0.5) is 0 Å². The zero-order chi connectivity index (χ0) is 10.6. The average molecular weight is 197 g/mol. The van der Waals surface area contributed by atoms with Crippen LogP contribution < -0.4 is 0 Å². The highest BCUT2D eigenvalue weighted by Crippen LogP contribution is 2.33. The molecule has 14 heavy (non-hydrogen) atoms. The van der Waals surface area contributed by atoms with Crippen LogP contribution in [-0.4, -0.2) is 24.5 Å². The minimum Gasteiger partial charge on any atom is -0.304 e. The quantitative estimate of drug-likeness (QED) is 0.664. The summed E-state index contributed by atoms with van der Waals surface area (Å²) in [6.45, 7) is 4.74. The first-order chi connectivity index (χ1) is 6.58. The highest BCUT2D eigenvalue weighted by Gasteiger charge is 2.28. The Morgan fingerprint density at radius 3 is 2.14 bits per heavy atom. The Kier molecular flexibility index (Phi) is 4.43. The van der Waals surface area contributed by atoms with E-state index >= 15 is 0 Å². The smallest absolute Gasteiger partial charge is 0.0175 e. The van der Waals surface area contributed by atoms with E-state index < -0.39 is 0 Å². The maximum Gasteiger partial charge on any atom is 0.0175 e. The number of nitrogens with zero attached hydrogens (tertiary/aromatic N) is 1. The van der Waals surface area contributed by atoms with E-state index in [1.807, 2.05) is 0 Å². The van der Waals surface area contributed by atoms with Crippen LogP contribution in [0.25, 0.3) is 0 Å². The average Bonchev–Trinajstić information content (AvgIpc) is 2.19. The van der Waals surface area contributed by atoms with Gasteiger partial charge in [-0.25, -0.2) is 0 Å². The van der Waals surface area contributed by atoms with Crippen molar-refractivity contribution in [1.29, 1.82) is 0 Å². The standard InChI is InChI=1S/C13H27N/c1-5-13(2,14(3)4)11-12-9-7-6-8-10-12/h12H,5-11H2,1-4H3. The molecule has 84 valence electrons. The zero-order valence-electron chi connectivity index (χ0n) is 10.5. The van der Waals surface area contributed by atoms with Crippen molar-refractivity contribution < 1.29 is 0 Å². The van der Waals surface area contributed by atoms with Crippen LogP contribution in [-0.2, 0) is 0 Å². The van der Waals surface area contributed by atoms with Crippen molar-refractivity contribution in [3.05, 3.63) is 0 Å². The Labute approximate surface area is 89.9 Å². The molecule has 0 aromatic rings. The van der Waals surface area contributed by atoms with Crippen LogP contribution in [0.15, 0.2) is 0 Å². The fraction of sp³-hybridized carbons (Fsp3) is 1.00. The van der Waals surface area contributed by atoms with Crippen LogP contribution in [0.1, 0.15) is 58.8 Å². The van der Waals surface area contributed by atoms with Gasteiger partial charge in [0.05, 0.1) is 0 Å². The summed E-state index contributed by atoms with van der Waals surface area (Å²) in [5, 5.41) is 0. The van der Waals surface area contributed by atoms with E-state index in [9.17, 15) is 0 Å². The molecule has 0 N–H and O–H groups in total. The predicted molar refractivity (Wildman–Crippen MR) is 63.6 cm³/mol. The zero-order valence-corrected chi connectivity index (χ0v) is 10.5. The fourth-order valence-electron chi connectivity index (χ4n) is 2.66. The second-order valence-corrected chi connectivity index (χ2v) is 5.45. The van der Waals surface area contributed by atoms with Gasteiger partial charge in [-0.05, 0) is 39.8 Å². The Bertz CT molecular complexity index is 159. The minimum atomic E-state index is 0.433. The Morgan fingerprint density at radius 1 is 1.14 bits per heavy atom. The summed E-state index contributed by atoms with van der Waals surface area (Å²) >= 11 is 0. The highest BCUT2D eigenvalue weighted by atomic mass is 15.1. The molecule has 0 saturated heterocycles. The predicted octanol–water partition coefficient (Wildman–Crippen LogP) is 3.69. The molecule has 0 aromatic carbocycles. The molecule has 1 atom stereocenters. The SMILES string of the molecule is CCC(C)(CC1CCCCC1)N(C)C. The van der Waals surface area contributed by atoms with E-state index in [1.165, 1.54) is 44.9 Å². The third-order valence-electron chi connectivity index (χ3n) is 4.29. The van der Waals surface area contributed by atoms with Gasteiger partial charge in [0.2, 0.25) is 0 Å². The van der Waals surface area contributed by atoms with Gasteiger partial charge < -0.3 is 4.90 Å². The van der Waals surface area contributed by atoms with Crippen LogP contribution in [0.5, 0.6) is 0 Å². The van der Waals surface area contributed by atoms with Crippen molar-refractivity contribution in [3.8, 4) is 0 Å². The molecular formula is C13H27N. The molecule has 1 fully saturated rings. The van der Waals surface area contributed by atoms with Gasteiger partial charge in [-0.15, -0.1) is 0 Å². The fourth-order valence-corrected chi connectivity index (χ4v) is 2.66. The summed E-state index contributed by atoms with van der Waals surface area (Å²) in [4.78, 5) is 2.42. The van der Waals surface area contributed by atoms with Crippen molar-refractivity contribution in [3.63, 3.8) is 0 Å². The van der Waals surface area contributed by atoms with Crippen molar-refractivity contribution in [2.45, 2.75) is 64.3 Å². The molecule has 1 unspecified atom stereocenters. The van der Waals surface area contributed by atoms with E-state index in [0.717, 1.165) is 5.92 Å². The lowest BCUT2D eigenvalue weighted by molar-refractivity contribution is 0.117. The third-order valence-corrected chi connectivity index (χ3v) is 4.29. The molecule has 1 saturated carbocycles. The van der Waals surface area contributed by atoms with Crippen LogP contribution in [0.3, 0.4) is 0 Å². The Balaban J connectivity index is 2.46. The first kappa shape index (κ1) is 12.0. The van der Waals surface area contributed by atoms with Gasteiger partial charge in [0.15, 0.2) is 0 Å². The first-order valence-electron chi connectivity index (χ1n) is 6.26. The second kappa shape index (κ2) is 5.16. The Hall–Kier alpha value is -0.0400. The van der Waals surface area contributed by atoms with Gasteiger partial charge in [-0.1, -0.05) is 39.0 Å². The summed E-state index contributed by atoms with van der Waals surface area (Å²) in [7, 11) is 4.46. The molecule has 0 radical (unpaired) electrons. The van der Waals surface area contributed by atoms with Gasteiger partial charge in [-0.2, -0.15) is 0 Å². The van der Waals surface area contributed by atoms with Crippen LogP contribution in [0.2, 0.25) is 0 Å². The van der Waals surface area contributed by atoms with Crippen molar-refractivity contribution in [2.75, 3.05) is 14.1 Å². The molecule has 1 rings (SSSR count). The summed E-state index contributed by atoms with van der Waals surface area (Å²) in [6, 6.07) is 0. The molecule has 1 aliphatic rings. The number of rotatable bonds is 4. The molecule has 0 aromatic heterocycles. The molecule has 0 bridgehead atoms. The molecule has 1 nitrogen and oxygen atoms in total. The maximum atomic E-state index is 2.42.